The molecule has 0 radical (unpaired) electrons. The maximum atomic E-state index is 12.5. The molecular formula is C14H20ClNO3S. The third kappa shape index (κ3) is 2.51. The second kappa shape index (κ2) is 5.35. The number of nitrogens with zero attached hydrogens (tertiary/aromatic N) is 1. The molecule has 1 saturated carbocycles. The summed E-state index contributed by atoms with van der Waals surface area (Å²) < 4.78 is 31.9. The Kier molecular flexibility index (Phi) is 3.86. The van der Waals surface area contributed by atoms with Crippen LogP contribution in [0, 0.1) is 5.41 Å². The third-order valence-electron chi connectivity index (χ3n) is 4.81. The smallest absolute Gasteiger partial charge is 0.276 e. The standard InChI is InChI=1S/C14H20ClNO3S/c15-11-12-3-4-13(19-12)20(17,18)16-9-7-14(8-10-16)5-1-2-6-14/h3-4H,1-2,5-11H2. The highest BCUT2D eigenvalue weighted by Crippen LogP contribution is 2.46. The Labute approximate surface area is 125 Å². The van der Waals surface area contributed by atoms with E-state index in [-0.39, 0.29) is 11.0 Å². The zero-order valence-corrected chi connectivity index (χ0v) is 13.0. The zero-order valence-electron chi connectivity index (χ0n) is 11.5. The summed E-state index contributed by atoms with van der Waals surface area (Å²) in [7, 11) is -3.49. The summed E-state index contributed by atoms with van der Waals surface area (Å²) in [6.07, 6.45) is 7.08. The Bertz CT molecular complexity index is 565. The molecule has 2 fully saturated rings. The van der Waals surface area contributed by atoms with Crippen LogP contribution in [0.4, 0.5) is 0 Å². The maximum Gasteiger partial charge on any atom is 0.276 e. The second-order valence-electron chi connectivity index (χ2n) is 5.97. The van der Waals surface area contributed by atoms with E-state index in [9.17, 15) is 8.42 Å². The van der Waals surface area contributed by atoms with Crippen LogP contribution in [-0.2, 0) is 15.9 Å². The molecule has 0 aromatic carbocycles. The van der Waals surface area contributed by atoms with Crippen LogP contribution in [0.1, 0.15) is 44.3 Å². The van der Waals surface area contributed by atoms with E-state index in [0.717, 1.165) is 12.8 Å². The summed E-state index contributed by atoms with van der Waals surface area (Å²) in [6.45, 7) is 1.22. The molecular weight excluding hydrogens is 298 g/mol. The van der Waals surface area contributed by atoms with Crippen LogP contribution in [0.25, 0.3) is 0 Å². The first kappa shape index (κ1) is 14.4. The fourth-order valence-electron chi connectivity index (χ4n) is 3.52. The molecule has 1 aromatic heterocycles. The summed E-state index contributed by atoms with van der Waals surface area (Å²) in [5, 5.41) is 0.0236. The van der Waals surface area contributed by atoms with E-state index in [0.29, 0.717) is 24.3 Å². The van der Waals surface area contributed by atoms with E-state index in [1.165, 1.54) is 31.7 Å². The molecule has 20 heavy (non-hydrogen) atoms. The Morgan fingerprint density at radius 2 is 1.80 bits per heavy atom. The molecule has 112 valence electrons. The first-order chi connectivity index (χ1) is 9.56. The number of hydrogen-bond acceptors (Lipinski definition) is 3. The maximum absolute atomic E-state index is 12.5. The fraction of sp³-hybridized carbons (Fsp3) is 0.714. The minimum Gasteiger partial charge on any atom is -0.447 e. The molecule has 1 spiro atoms. The van der Waals surface area contributed by atoms with E-state index in [2.05, 4.69) is 0 Å². The molecule has 0 bridgehead atoms. The predicted octanol–water partition coefficient (Wildman–Crippen LogP) is 3.36. The monoisotopic (exact) mass is 317 g/mol. The van der Waals surface area contributed by atoms with Gasteiger partial charge in [0.2, 0.25) is 5.09 Å². The molecule has 1 aliphatic carbocycles. The van der Waals surface area contributed by atoms with Gasteiger partial charge < -0.3 is 4.42 Å². The number of piperidine rings is 1. The van der Waals surface area contributed by atoms with Gasteiger partial charge in [-0.05, 0) is 43.2 Å². The highest BCUT2D eigenvalue weighted by Gasteiger charge is 2.40. The van der Waals surface area contributed by atoms with E-state index < -0.39 is 10.0 Å². The Hall–Kier alpha value is -0.520. The van der Waals surface area contributed by atoms with Gasteiger partial charge in [0.1, 0.15) is 5.76 Å². The highest BCUT2D eigenvalue weighted by molar-refractivity contribution is 7.89. The van der Waals surface area contributed by atoms with Gasteiger partial charge in [0, 0.05) is 13.1 Å². The molecule has 4 nitrogen and oxygen atoms in total. The van der Waals surface area contributed by atoms with Gasteiger partial charge in [0.15, 0.2) is 0 Å². The van der Waals surface area contributed by atoms with Gasteiger partial charge in [-0.1, -0.05) is 12.8 Å². The van der Waals surface area contributed by atoms with Crippen molar-refractivity contribution in [1.29, 1.82) is 0 Å². The highest BCUT2D eigenvalue weighted by atomic mass is 35.5. The largest absolute Gasteiger partial charge is 0.447 e. The van der Waals surface area contributed by atoms with Crippen molar-refractivity contribution in [1.82, 2.24) is 4.31 Å². The van der Waals surface area contributed by atoms with Crippen LogP contribution in [0.3, 0.4) is 0 Å². The lowest BCUT2D eigenvalue weighted by atomic mass is 9.78. The summed E-state index contributed by atoms with van der Waals surface area (Å²) >= 11 is 5.66. The average molecular weight is 318 g/mol. The molecule has 0 N–H and O–H groups in total. The molecule has 1 aromatic rings. The molecule has 3 rings (SSSR count). The SMILES string of the molecule is O=S(=O)(c1ccc(CCl)o1)N1CCC2(CCCC2)CC1. The molecule has 2 aliphatic rings. The topological polar surface area (TPSA) is 50.5 Å². The minimum atomic E-state index is -3.49. The van der Waals surface area contributed by atoms with E-state index >= 15 is 0 Å². The van der Waals surface area contributed by atoms with E-state index in [4.69, 9.17) is 16.0 Å². The van der Waals surface area contributed by atoms with E-state index in [1.807, 2.05) is 0 Å². The second-order valence-corrected chi connectivity index (χ2v) is 8.10. The Balaban J connectivity index is 1.73. The van der Waals surface area contributed by atoms with Gasteiger partial charge in [0.25, 0.3) is 10.0 Å². The average Bonchev–Trinajstić information content (AvgIpc) is 3.09. The Morgan fingerprint density at radius 3 is 2.35 bits per heavy atom. The van der Waals surface area contributed by atoms with Crippen molar-refractivity contribution in [2.75, 3.05) is 13.1 Å². The first-order valence-electron chi connectivity index (χ1n) is 7.21. The van der Waals surface area contributed by atoms with Crippen molar-refractivity contribution in [2.45, 2.75) is 49.5 Å². The van der Waals surface area contributed by atoms with E-state index in [1.54, 1.807) is 10.4 Å². The predicted molar refractivity (Wildman–Crippen MR) is 77.2 cm³/mol. The van der Waals surface area contributed by atoms with Crippen molar-refractivity contribution >= 4 is 21.6 Å². The van der Waals surface area contributed by atoms with Crippen LogP contribution in [0.2, 0.25) is 0 Å². The van der Waals surface area contributed by atoms with Gasteiger partial charge in [-0.15, -0.1) is 11.6 Å². The van der Waals surface area contributed by atoms with Crippen LogP contribution in [0.5, 0.6) is 0 Å². The number of halogens is 1. The van der Waals surface area contributed by atoms with Crippen LogP contribution >= 0.6 is 11.6 Å². The normalized spacial score (nSPS) is 23.4. The van der Waals surface area contributed by atoms with Crippen molar-refractivity contribution < 1.29 is 12.8 Å². The molecule has 2 heterocycles. The number of rotatable bonds is 3. The summed E-state index contributed by atoms with van der Waals surface area (Å²) in [4.78, 5) is 0. The van der Waals surface area contributed by atoms with Gasteiger partial charge in [-0.2, -0.15) is 4.31 Å². The van der Waals surface area contributed by atoms with Gasteiger partial charge in [0.05, 0.1) is 5.88 Å². The van der Waals surface area contributed by atoms with Gasteiger partial charge in [-0.25, -0.2) is 8.42 Å². The number of furan rings is 1. The fourth-order valence-corrected chi connectivity index (χ4v) is 5.04. The molecule has 1 saturated heterocycles. The summed E-state index contributed by atoms with van der Waals surface area (Å²) in [5.74, 6) is 0.688. The lowest BCUT2D eigenvalue weighted by molar-refractivity contribution is 0.159. The minimum absolute atomic E-state index is 0.0236. The molecule has 0 unspecified atom stereocenters. The van der Waals surface area contributed by atoms with Crippen LogP contribution < -0.4 is 0 Å². The quantitative estimate of drug-likeness (QED) is 0.803. The number of alkyl halides is 1. The van der Waals surface area contributed by atoms with Gasteiger partial charge >= 0.3 is 0 Å². The number of hydrogen-bond donors (Lipinski definition) is 0. The molecule has 1 aliphatic heterocycles. The van der Waals surface area contributed by atoms with Crippen molar-refractivity contribution in [3.8, 4) is 0 Å². The van der Waals surface area contributed by atoms with Crippen LogP contribution in [-0.4, -0.2) is 25.8 Å². The summed E-state index contributed by atoms with van der Waals surface area (Å²) in [5.41, 5.74) is 0.413. The van der Waals surface area contributed by atoms with Crippen molar-refractivity contribution in [2.24, 2.45) is 5.41 Å². The molecule has 0 amide bonds. The molecule has 0 atom stereocenters. The van der Waals surface area contributed by atoms with Crippen LogP contribution in [0.15, 0.2) is 21.6 Å². The van der Waals surface area contributed by atoms with Crippen molar-refractivity contribution in [3.63, 3.8) is 0 Å². The first-order valence-corrected chi connectivity index (χ1v) is 9.18. The Morgan fingerprint density at radius 1 is 1.15 bits per heavy atom. The van der Waals surface area contributed by atoms with Gasteiger partial charge in [-0.3, -0.25) is 0 Å². The zero-order chi connectivity index (χ0) is 14.2. The lowest BCUT2D eigenvalue weighted by Crippen LogP contribution is -2.42. The summed E-state index contributed by atoms with van der Waals surface area (Å²) in [6, 6.07) is 3.13. The molecule has 6 heteroatoms. The number of sulfonamides is 1. The lowest BCUT2D eigenvalue weighted by Gasteiger charge is -2.38. The van der Waals surface area contributed by atoms with Crippen molar-refractivity contribution in [3.05, 3.63) is 17.9 Å². The third-order valence-corrected chi connectivity index (χ3v) is 6.85.